The van der Waals surface area contributed by atoms with Crippen LogP contribution < -0.4 is 10.6 Å². The largest absolute Gasteiger partial charge is 0.462 e. The molecule has 0 bridgehead atoms. The Morgan fingerprint density at radius 3 is 2.80 bits per heavy atom. The van der Waals surface area contributed by atoms with Gasteiger partial charge in [-0.25, -0.2) is 4.79 Å². The fourth-order valence-corrected chi connectivity index (χ4v) is 2.64. The number of carbonyl (C=O) groups excluding carboxylic acids is 1. The smallest absolute Gasteiger partial charge is 0.338 e. The number of anilines is 2. The lowest BCUT2D eigenvalue weighted by Crippen LogP contribution is -2.38. The van der Waals surface area contributed by atoms with E-state index in [1.54, 1.807) is 12.1 Å². The first-order valence-electron chi connectivity index (χ1n) is 7.34. The van der Waals surface area contributed by atoms with Gasteiger partial charge in [-0.3, -0.25) is 0 Å². The lowest BCUT2D eigenvalue weighted by Gasteiger charge is -2.37. The fraction of sp³-hybridized carbons (Fsp3) is 0.562. The minimum Gasteiger partial charge on any atom is -0.462 e. The van der Waals surface area contributed by atoms with Crippen molar-refractivity contribution in [3.05, 3.63) is 23.8 Å². The molecule has 2 atom stereocenters. The zero-order chi connectivity index (χ0) is 14.7. The summed E-state index contributed by atoms with van der Waals surface area (Å²) in [6.07, 6.45) is 1.16. The zero-order valence-electron chi connectivity index (χ0n) is 12.6. The Hall–Kier alpha value is -1.71. The molecule has 110 valence electrons. The van der Waals surface area contributed by atoms with Gasteiger partial charge in [0, 0.05) is 13.1 Å². The molecular formula is C16H24N2O2. The summed E-state index contributed by atoms with van der Waals surface area (Å²) in [4.78, 5) is 14.1. The summed E-state index contributed by atoms with van der Waals surface area (Å²) >= 11 is 0. The number of hydrogen-bond donors (Lipinski definition) is 1. The zero-order valence-corrected chi connectivity index (χ0v) is 12.6. The number of rotatable bonds is 3. The van der Waals surface area contributed by atoms with Crippen LogP contribution in [0.3, 0.4) is 0 Å². The van der Waals surface area contributed by atoms with Crippen molar-refractivity contribution in [3.63, 3.8) is 0 Å². The lowest BCUT2D eigenvalue weighted by molar-refractivity contribution is 0.0526. The van der Waals surface area contributed by atoms with E-state index in [9.17, 15) is 4.79 Å². The summed E-state index contributed by atoms with van der Waals surface area (Å²) in [6, 6.07) is 5.38. The normalized spacial score (nSPS) is 22.6. The molecular weight excluding hydrogens is 252 g/mol. The van der Waals surface area contributed by atoms with E-state index in [0.29, 0.717) is 18.1 Å². The van der Waals surface area contributed by atoms with Crippen molar-refractivity contribution < 1.29 is 9.53 Å². The summed E-state index contributed by atoms with van der Waals surface area (Å²) in [5.41, 5.74) is 8.33. The van der Waals surface area contributed by atoms with Crippen LogP contribution in [0.4, 0.5) is 11.4 Å². The van der Waals surface area contributed by atoms with Gasteiger partial charge in [0.15, 0.2) is 0 Å². The Labute approximate surface area is 120 Å². The van der Waals surface area contributed by atoms with Gasteiger partial charge in [-0.05, 0) is 43.4 Å². The number of hydrogen-bond acceptors (Lipinski definition) is 4. The number of nitrogen functional groups attached to an aromatic ring is 1. The van der Waals surface area contributed by atoms with Crippen LogP contribution in [0.2, 0.25) is 0 Å². The number of piperidine rings is 1. The quantitative estimate of drug-likeness (QED) is 0.681. The van der Waals surface area contributed by atoms with Crippen molar-refractivity contribution in [2.75, 3.05) is 30.3 Å². The van der Waals surface area contributed by atoms with Gasteiger partial charge >= 0.3 is 5.97 Å². The van der Waals surface area contributed by atoms with Crippen LogP contribution in [0.1, 0.15) is 37.6 Å². The predicted octanol–water partition coefficient (Wildman–Crippen LogP) is 2.93. The number of nitrogens with zero attached hydrogens (tertiary/aromatic N) is 1. The third-order valence-corrected chi connectivity index (χ3v) is 4.22. The highest BCUT2D eigenvalue weighted by atomic mass is 16.5. The maximum atomic E-state index is 11.8. The summed E-state index contributed by atoms with van der Waals surface area (Å²) in [7, 11) is 0. The van der Waals surface area contributed by atoms with Crippen LogP contribution in [-0.4, -0.2) is 25.7 Å². The number of ether oxygens (including phenoxy) is 1. The van der Waals surface area contributed by atoms with Crippen LogP contribution in [-0.2, 0) is 4.74 Å². The average molecular weight is 276 g/mol. The van der Waals surface area contributed by atoms with Crippen LogP contribution in [0.5, 0.6) is 0 Å². The van der Waals surface area contributed by atoms with Gasteiger partial charge in [-0.1, -0.05) is 13.8 Å². The number of carbonyl (C=O) groups is 1. The highest BCUT2D eigenvalue weighted by molar-refractivity contribution is 5.92. The lowest BCUT2D eigenvalue weighted by atomic mass is 9.88. The van der Waals surface area contributed by atoms with E-state index in [2.05, 4.69) is 18.7 Å². The molecule has 1 aliphatic heterocycles. The van der Waals surface area contributed by atoms with Crippen LogP contribution in [0.15, 0.2) is 18.2 Å². The van der Waals surface area contributed by atoms with Crippen LogP contribution in [0.25, 0.3) is 0 Å². The van der Waals surface area contributed by atoms with Gasteiger partial charge in [0.05, 0.1) is 23.5 Å². The molecule has 0 aromatic heterocycles. The third-order valence-electron chi connectivity index (χ3n) is 4.22. The van der Waals surface area contributed by atoms with Crippen molar-refractivity contribution in [3.8, 4) is 0 Å². The number of benzene rings is 1. The Morgan fingerprint density at radius 2 is 2.15 bits per heavy atom. The fourth-order valence-electron chi connectivity index (χ4n) is 2.64. The maximum Gasteiger partial charge on any atom is 0.338 e. The SMILES string of the molecule is CCOC(=O)c1ccc(N)c(N2CCC(C)C(C)C2)c1. The van der Waals surface area contributed by atoms with E-state index < -0.39 is 0 Å². The molecule has 0 spiro atoms. The molecule has 2 unspecified atom stereocenters. The highest BCUT2D eigenvalue weighted by Gasteiger charge is 2.24. The standard InChI is InChI=1S/C16H24N2O2/c1-4-20-16(19)13-5-6-14(17)15(9-13)18-8-7-11(2)12(3)10-18/h5-6,9,11-12H,4,7-8,10,17H2,1-3H3. The second kappa shape index (κ2) is 6.16. The number of esters is 1. The van der Waals surface area contributed by atoms with Gasteiger partial charge < -0.3 is 15.4 Å². The molecule has 1 fully saturated rings. The second-order valence-corrected chi connectivity index (χ2v) is 5.68. The maximum absolute atomic E-state index is 11.8. The number of nitrogens with two attached hydrogens (primary N) is 1. The van der Waals surface area contributed by atoms with E-state index >= 15 is 0 Å². The molecule has 1 aliphatic rings. The molecule has 0 radical (unpaired) electrons. The second-order valence-electron chi connectivity index (χ2n) is 5.68. The Morgan fingerprint density at radius 1 is 1.40 bits per heavy atom. The molecule has 0 aliphatic carbocycles. The molecule has 1 heterocycles. The minimum atomic E-state index is -0.285. The topological polar surface area (TPSA) is 55.6 Å². The van der Waals surface area contributed by atoms with Crippen molar-refractivity contribution >= 4 is 17.3 Å². The van der Waals surface area contributed by atoms with Gasteiger partial charge in [0.1, 0.15) is 0 Å². The van der Waals surface area contributed by atoms with E-state index in [1.165, 1.54) is 0 Å². The first-order valence-corrected chi connectivity index (χ1v) is 7.34. The molecule has 1 aromatic rings. The Bertz CT molecular complexity index is 487. The van der Waals surface area contributed by atoms with Crippen molar-refractivity contribution in [2.45, 2.75) is 27.2 Å². The third kappa shape index (κ3) is 3.06. The Kier molecular flexibility index (Phi) is 4.53. The first-order chi connectivity index (χ1) is 9.52. The summed E-state index contributed by atoms with van der Waals surface area (Å²) in [5.74, 6) is 1.09. The van der Waals surface area contributed by atoms with Gasteiger partial charge in [0.2, 0.25) is 0 Å². The summed E-state index contributed by atoms with van der Waals surface area (Å²) in [5, 5.41) is 0. The average Bonchev–Trinajstić information content (AvgIpc) is 2.43. The van der Waals surface area contributed by atoms with Gasteiger partial charge in [0.25, 0.3) is 0 Å². The molecule has 0 saturated carbocycles. The molecule has 2 N–H and O–H groups in total. The van der Waals surface area contributed by atoms with E-state index in [0.717, 1.165) is 36.8 Å². The molecule has 4 nitrogen and oxygen atoms in total. The van der Waals surface area contributed by atoms with Crippen LogP contribution >= 0.6 is 0 Å². The first kappa shape index (κ1) is 14.7. The molecule has 0 amide bonds. The van der Waals surface area contributed by atoms with Crippen molar-refractivity contribution in [2.24, 2.45) is 11.8 Å². The minimum absolute atomic E-state index is 0.285. The highest BCUT2D eigenvalue weighted by Crippen LogP contribution is 2.31. The predicted molar refractivity (Wildman–Crippen MR) is 82.0 cm³/mol. The van der Waals surface area contributed by atoms with E-state index in [4.69, 9.17) is 10.5 Å². The van der Waals surface area contributed by atoms with Crippen LogP contribution in [0, 0.1) is 11.8 Å². The van der Waals surface area contributed by atoms with Crippen molar-refractivity contribution in [1.29, 1.82) is 0 Å². The molecule has 20 heavy (non-hydrogen) atoms. The Balaban J connectivity index is 2.22. The molecule has 4 heteroatoms. The monoisotopic (exact) mass is 276 g/mol. The molecule has 1 saturated heterocycles. The van der Waals surface area contributed by atoms with Gasteiger partial charge in [-0.2, -0.15) is 0 Å². The molecule has 1 aromatic carbocycles. The van der Waals surface area contributed by atoms with E-state index in [1.807, 2.05) is 13.0 Å². The molecule has 2 rings (SSSR count). The van der Waals surface area contributed by atoms with Gasteiger partial charge in [-0.15, -0.1) is 0 Å². The summed E-state index contributed by atoms with van der Waals surface area (Å²) < 4.78 is 5.05. The van der Waals surface area contributed by atoms with Crippen molar-refractivity contribution in [1.82, 2.24) is 0 Å². The van der Waals surface area contributed by atoms with E-state index in [-0.39, 0.29) is 5.97 Å². The summed E-state index contributed by atoms with van der Waals surface area (Å²) in [6.45, 7) is 8.73.